The molecule has 1 aromatic heterocycles. The number of amides is 1. The number of carbonyl (C=O) groups is 1. The lowest BCUT2D eigenvalue weighted by atomic mass is 10.2. The lowest BCUT2D eigenvalue weighted by molar-refractivity contribution is -0.147. The van der Waals surface area contributed by atoms with Gasteiger partial charge in [-0.2, -0.15) is 18.3 Å². The number of aromatic nitrogens is 2. The van der Waals surface area contributed by atoms with E-state index in [-0.39, 0.29) is 11.0 Å². The van der Waals surface area contributed by atoms with Crippen molar-refractivity contribution in [2.75, 3.05) is 13.2 Å². The van der Waals surface area contributed by atoms with Crippen LogP contribution in [0.1, 0.15) is 11.4 Å². The highest BCUT2D eigenvalue weighted by Gasteiger charge is 2.37. The van der Waals surface area contributed by atoms with Crippen LogP contribution in [0.2, 0.25) is 0 Å². The molecule has 4 rings (SSSR count). The molecular formula is C19H15F3N4O3. The molecule has 0 aliphatic carbocycles. The van der Waals surface area contributed by atoms with Gasteiger partial charge < -0.3 is 14.0 Å². The molecule has 2 aromatic carbocycles. The molecule has 0 atom stereocenters. The first-order valence-electron chi connectivity index (χ1n) is 8.66. The normalized spacial score (nSPS) is 13.8. The number of para-hydroxylation sites is 2. The minimum Gasteiger partial charge on any atom is -0.486 e. The maximum Gasteiger partial charge on any atom is 0.449 e. The van der Waals surface area contributed by atoms with Crippen LogP contribution in [0.3, 0.4) is 0 Å². The van der Waals surface area contributed by atoms with Gasteiger partial charge in [0.05, 0.1) is 17.2 Å². The van der Waals surface area contributed by atoms with Gasteiger partial charge in [-0.3, -0.25) is 4.79 Å². The Hall–Kier alpha value is -3.56. The summed E-state index contributed by atoms with van der Waals surface area (Å²) in [4.78, 5) is 15.8. The lowest BCUT2D eigenvalue weighted by Crippen LogP contribution is -2.26. The second-order valence-electron chi connectivity index (χ2n) is 6.20. The molecule has 1 amide bonds. The Labute approximate surface area is 162 Å². The molecule has 1 aliphatic heterocycles. The maximum atomic E-state index is 13.3. The zero-order valence-electron chi connectivity index (χ0n) is 14.9. The Bertz CT molecular complexity index is 1090. The average Bonchev–Trinajstić information content (AvgIpc) is 3.07. The van der Waals surface area contributed by atoms with Crippen LogP contribution in [0.5, 0.6) is 11.5 Å². The summed E-state index contributed by atoms with van der Waals surface area (Å²) in [6, 6.07) is 11.2. The summed E-state index contributed by atoms with van der Waals surface area (Å²) < 4.78 is 51.5. The van der Waals surface area contributed by atoms with Crippen molar-refractivity contribution >= 4 is 23.2 Å². The lowest BCUT2D eigenvalue weighted by Gasteiger charge is -2.18. The van der Waals surface area contributed by atoms with Crippen LogP contribution in [0.25, 0.3) is 11.0 Å². The zero-order valence-corrected chi connectivity index (χ0v) is 14.9. The number of ether oxygens (including phenoxy) is 2. The number of hydrazone groups is 1. The summed E-state index contributed by atoms with van der Waals surface area (Å²) in [7, 11) is 0. The number of rotatable bonds is 4. The molecule has 3 aromatic rings. The van der Waals surface area contributed by atoms with E-state index in [1.807, 2.05) is 0 Å². The van der Waals surface area contributed by atoms with Crippen molar-refractivity contribution in [2.45, 2.75) is 12.7 Å². The summed E-state index contributed by atoms with van der Waals surface area (Å²) in [6.45, 7) is 0.331. The largest absolute Gasteiger partial charge is 0.486 e. The second-order valence-corrected chi connectivity index (χ2v) is 6.20. The highest BCUT2D eigenvalue weighted by molar-refractivity contribution is 5.84. The number of nitrogens with one attached hydrogen (secondary N) is 1. The van der Waals surface area contributed by atoms with E-state index in [0.29, 0.717) is 30.3 Å². The van der Waals surface area contributed by atoms with Crippen LogP contribution in [0.4, 0.5) is 13.2 Å². The minimum absolute atomic E-state index is 0.160. The molecule has 0 bridgehead atoms. The van der Waals surface area contributed by atoms with Crippen LogP contribution in [-0.2, 0) is 17.5 Å². The monoisotopic (exact) mass is 404 g/mol. The van der Waals surface area contributed by atoms with Gasteiger partial charge in [0.15, 0.2) is 11.5 Å². The van der Waals surface area contributed by atoms with Crippen LogP contribution >= 0.6 is 0 Å². The first kappa shape index (κ1) is 18.8. The highest BCUT2D eigenvalue weighted by atomic mass is 19.4. The molecule has 7 nitrogen and oxygen atoms in total. The van der Waals surface area contributed by atoms with Gasteiger partial charge in [-0.1, -0.05) is 12.1 Å². The first-order valence-corrected chi connectivity index (χ1v) is 8.66. The standard InChI is InChI=1S/C19H15F3N4O3/c20-19(21,22)18-24-13-3-1-2-4-14(13)26(18)11-17(27)25-23-10-12-5-6-15-16(9-12)29-8-7-28-15/h1-6,9-10H,7-8,11H2,(H,25,27). The van der Waals surface area contributed by atoms with Gasteiger partial charge in [0.1, 0.15) is 19.8 Å². The van der Waals surface area contributed by atoms with Gasteiger partial charge in [-0.05, 0) is 35.9 Å². The molecule has 1 aliphatic rings. The molecule has 0 saturated heterocycles. The SMILES string of the molecule is O=C(Cn1c(C(F)(F)F)nc2ccccc21)NN=Cc1ccc2c(c1)OCCO2. The molecule has 150 valence electrons. The third-order valence-corrected chi connectivity index (χ3v) is 4.18. The number of carbonyl (C=O) groups excluding carboxylic acids is 1. The fraction of sp³-hybridized carbons (Fsp3) is 0.211. The van der Waals surface area contributed by atoms with E-state index in [0.717, 1.165) is 4.57 Å². The number of alkyl halides is 3. The van der Waals surface area contributed by atoms with Crippen LogP contribution in [-0.4, -0.2) is 34.9 Å². The van der Waals surface area contributed by atoms with Crippen molar-refractivity contribution in [3.05, 3.63) is 53.9 Å². The fourth-order valence-electron chi connectivity index (χ4n) is 2.95. The van der Waals surface area contributed by atoms with E-state index in [9.17, 15) is 18.0 Å². The quantitative estimate of drug-likeness (QED) is 0.536. The number of fused-ring (bicyclic) bond motifs is 2. The minimum atomic E-state index is -4.69. The van der Waals surface area contributed by atoms with Crippen molar-refractivity contribution in [3.8, 4) is 11.5 Å². The Balaban J connectivity index is 1.48. The van der Waals surface area contributed by atoms with E-state index >= 15 is 0 Å². The predicted octanol–water partition coefficient (Wildman–Crippen LogP) is 2.98. The predicted molar refractivity (Wildman–Crippen MR) is 97.9 cm³/mol. The van der Waals surface area contributed by atoms with E-state index in [1.54, 1.807) is 30.3 Å². The van der Waals surface area contributed by atoms with Gasteiger partial charge in [-0.25, -0.2) is 10.4 Å². The summed E-state index contributed by atoms with van der Waals surface area (Å²) in [5.74, 6) is -0.674. The summed E-state index contributed by atoms with van der Waals surface area (Å²) in [6.07, 6.45) is -3.32. The molecule has 0 radical (unpaired) electrons. The Morgan fingerprint density at radius 1 is 1.17 bits per heavy atom. The first-order chi connectivity index (χ1) is 13.9. The number of benzene rings is 2. The van der Waals surface area contributed by atoms with Gasteiger partial charge >= 0.3 is 6.18 Å². The van der Waals surface area contributed by atoms with Crippen LogP contribution in [0, 0.1) is 0 Å². The number of hydrogen-bond acceptors (Lipinski definition) is 5. The van der Waals surface area contributed by atoms with Crippen LogP contribution < -0.4 is 14.9 Å². The summed E-state index contributed by atoms with van der Waals surface area (Å²) >= 11 is 0. The molecule has 29 heavy (non-hydrogen) atoms. The third kappa shape index (κ3) is 4.00. The summed E-state index contributed by atoms with van der Waals surface area (Å²) in [5.41, 5.74) is 3.25. The number of halogens is 3. The number of imidazole rings is 1. The molecule has 0 saturated carbocycles. The molecular weight excluding hydrogens is 389 g/mol. The molecule has 0 unspecified atom stereocenters. The zero-order chi connectivity index (χ0) is 20.4. The Morgan fingerprint density at radius 2 is 1.93 bits per heavy atom. The van der Waals surface area contributed by atoms with E-state index in [2.05, 4.69) is 15.5 Å². The number of nitrogens with zero attached hydrogens (tertiary/aromatic N) is 3. The van der Waals surface area contributed by atoms with Crippen molar-refractivity contribution in [1.29, 1.82) is 0 Å². The smallest absolute Gasteiger partial charge is 0.449 e. The Morgan fingerprint density at radius 3 is 2.72 bits per heavy atom. The van der Waals surface area contributed by atoms with Gasteiger partial charge in [0.2, 0.25) is 5.82 Å². The Kier molecular flexibility index (Phi) is 4.83. The molecule has 1 N–H and O–H groups in total. The second kappa shape index (κ2) is 7.46. The van der Waals surface area contributed by atoms with Crippen molar-refractivity contribution in [1.82, 2.24) is 15.0 Å². The molecule has 0 spiro atoms. The molecule has 2 heterocycles. The average molecular weight is 404 g/mol. The van der Waals surface area contributed by atoms with Crippen LogP contribution in [0.15, 0.2) is 47.6 Å². The van der Waals surface area contributed by atoms with Gasteiger partial charge in [0, 0.05) is 0 Å². The molecule has 0 fully saturated rings. The van der Waals surface area contributed by atoms with E-state index in [4.69, 9.17) is 9.47 Å². The van der Waals surface area contributed by atoms with Crippen molar-refractivity contribution in [2.24, 2.45) is 5.10 Å². The third-order valence-electron chi connectivity index (χ3n) is 4.18. The number of hydrogen-bond donors (Lipinski definition) is 1. The van der Waals surface area contributed by atoms with Crippen molar-refractivity contribution in [3.63, 3.8) is 0 Å². The van der Waals surface area contributed by atoms with Crippen molar-refractivity contribution < 1.29 is 27.4 Å². The van der Waals surface area contributed by atoms with E-state index in [1.165, 1.54) is 18.3 Å². The maximum absolute atomic E-state index is 13.3. The topological polar surface area (TPSA) is 77.7 Å². The highest BCUT2D eigenvalue weighted by Crippen LogP contribution is 2.31. The van der Waals surface area contributed by atoms with Gasteiger partial charge in [0.25, 0.3) is 5.91 Å². The fourth-order valence-corrected chi connectivity index (χ4v) is 2.95. The van der Waals surface area contributed by atoms with E-state index < -0.39 is 24.5 Å². The summed E-state index contributed by atoms with van der Waals surface area (Å²) in [5, 5.41) is 3.81. The van der Waals surface area contributed by atoms with Gasteiger partial charge in [-0.15, -0.1) is 0 Å². The molecule has 10 heteroatoms.